The van der Waals surface area contributed by atoms with Crippen LogP contribution in [-0.2, 0) is 6.42 Å². The van der Waals surface area contributed by atoms with E-state index >= 15 is 0 Å². The molecule has 4 N–H and O–H groups in total. The Balaban J connectivity index is 1.52. The Hall–Kier alpha value is -2.45. The van der Waals surface area contributed by atoms with Gasteiger partial charge in [0.1, 0.15) is 11.6 Å². The minimum Gasteiger partial charge on any atom is -0.390 e. The molecule has 3 aromatic rings. The number of imidazole rings is 1. The third kappa shape index (κ3) is 5.43. The van der Waals surface area contributed by atoms with Gasteiger partial charge in [-0.3, -0.25) is 0 Å². The molecule has 1 aromatic heterocycles. The molecule has 1 heterocycles. The maximum Gasteiger partial charge on any atom is 0.315 e. The first kappa shape index (κ1) is 21.8. The Morgan fingerprint density at radius 1 is 1.32 bits per heavy atom. The standard InChI is InChI=1S/C23H26BrFN4O2/c1-23(31)10-8-16(9-11-23)26-22(30)29-20(12-14-6-7-15(24)13-17(14)25)21-27-18-4-2-3-5-19(18)28-21/h2-7,13,16,20,31H,8-12H2,1H3,(H,27,28)(H2,26,29,30)/t16-,20?,23+. The molecule has 6 nitrogen and oxygen atoms in total. The van der Waals surface area contributed by atoms with Crippen molar-refractivity contribution in [1.82, 2.24) is 20.6 Å². The van der Waals surface area contributed by atoms with E-state index < -0.39 is 11.6 Å². The van der Waals surface area contributed by atoms with Gasteiger partial charge in [-0.05, 0) is 62.4 Å². The number of para-hydroxylation sites is 2. The molecule has 0 spiro atoms. The predicted octanol–water partition coefficient (Wildman–Crippen LogP) is 4.74. The summed E-state index contributed by atoms with van der Waals surface area (Å²) in [6.07, 6.45) is 2.99. The lowest BCUT2D eigenvalue weighted by Crippen LogP contribution is -2.47. The zero-order valence-electron chi connectivity index (χ0n) is 17.3. The van der Waals surface area contributed by atoms with Crippen molar-refractivity contribution in [3.8, 4) is 0 Å². The quantitative estimate of drug-likeness (QED) is 0.418. The zero-order valence-corrected chi connectivity index (χ0v) is 18.9. The zero-order chi connectivity index (χ0) is 22.0. The van der Waals surface area contributed by atoms with Crippen LogP contribution in [0.1, 0.15) is 50.0 Å². The van der Waals surface area contributed by atoms with Crippen LogP contribution in [-0.4, -0.2) is 32.7 Å². The number of nitrogens with one attached hydrogen (secondary N) is 3. The van der Waals surface area contributed by atoms with Gasteiger partial charge in [-0.15, -0.1) is 0 Å². The molecule has 0 aliphatic heterocycles. The molecule has 1 aliphatic carbocycles. The van der Waals surface area contributed by atoms with Crippen LogP contribution in [0.5, 0.6) is 0 Å². The topological polar surface area (TPSA) is 90.0 Å². The smallest absolute Gasteiger partial charge is 0.315 e. The maximum atomic E-state index is 14.5. The molecule has 0 bridgehead atoms. The number of rotatable bonds is 5. The normalized spacial score (nSPS) is 22.3. The number of halogens is 2. The SMILES string of the molecule is C[C@]1(O)CC[C@@H](NC(=O)NC(Cc2ccc(Br)cc2F)c2nc3ccccc3[nH]2)CC1. The first-order valence-electron chi connectivity index (χ1n) is 10.5. The number of aromatic nitrogens is 2. The van der Waals surface area contributed by atoms with Crippen molar-refractivity contribution in [1.29, 1.82) is 0 Å². The van der Waals surface area contributed by atoms with Gasteiger partial charge in [-0.2, -0.15) is 0 Å². The van der Waals surface area contributed by atoms with Crippen molar-refractivity contribution in [3.05, 3.63) is 64.1 Å². The molecule has 2 aromatic carbocycles. The average molecular weight is 489 g/mol. The van der Waals surface area contributed by atoms with Crippen LogP contribution >= 0.6 is 15.9 Å². The largest absolute Gasteiger partial charge is 0.390 e. The van der Waals surface area contributed by atoms with Crippen molar-refractivity contribution >= 4 is 33.0 Å². The van der Waals surface area contributed by atoms with Crippen molar-refractivity contribution in [3.63, 3.8) is 0 Å². The lowest BCUT2D eigenvalue weighted by Gasteiger charge is -2.33. The molecule has 1 aliphatic rings. The number of urea groups is 1. The molecule has 164 valence electrons. The van der Waals surface area contributed by atoms with Crippen LogP contribution < -0.4 is 10.6 Å². The Labute approximate surface area is 188 Å². The van der Waals surface area contributed by atoms with Gasteiger partial charge in [-0.25, -0.2) is 14.2 Å². The molecule has 4 rings (SSSR count). The van der Waals surface area contributed by atoms with Crippen LogP contribution in [0.2, 0.25) is 0 Å². The minimum absolute atomic E-state index is 0.000894. The summed E-state index contributed by atoms with van der Waals surface area (Å²) in [5, 5.41) is 16.1. The lowest BCUT2D eigenvalue weighted by atomic mass is 9.84. The van der Waals surface area contributed by atoms with Gasteiger partial charge in [0.25, 0.3) is 0 Å². The van der Waals surface area contributed by atoms with Gasteiger partial charge in [-0.1, -0.05) is 34.1 Å². The number of nitrogens with zero attached hydrogens (tertiary/aromatic N) is 1. The molecule has 0 radical (unpaired) electrons. The molecular weight excluding hydrogens is 463 g/mol. The van der Waals surface area contributed by atoms with Gasteiger partial charge >= 0.3 is 6.03 Å². The second-order valence-electron chi connectivity index (χ2n) is 8.52. The number of amides is 2. The second-order valence-corrected chi connectivity index (χ2v) is 9.44. The van der Waals surface area contributed by atoms with Gasteiger partial charge < -0.3 is 20.7 Å². The fraction of sp³-hybridized carbons (Fsp3) is 0.391. The van der Waals surface area contributed by atoms with E-state index in [0.717, 1.165) is 23.9 Å². The summed E-state index contributed by atoms with van der Waals surface area (Å²) in [4.78, 5) is 20.6. The van der Waals surface area contributed by atoms with E-state index in [1.807, 2.05) is 31.2 Å². The van der Waals surface area contributed by atoms with E-state index in [-0.39, 0.29) is 24.3 Å². The number of hydrogen-bond acceptors (Lipinski definition) is 3. The fourth-order valence-corrected chi connectivity index (χ4v) is 4.36. The Morgan fingerprint density at radius 2 is 2.06 bits per heavy atom. The number of benzene rings is 2. The number of H-pyrrole nitrogens is 1. The predicted molar refractivity (Wildman–Crippen MR) is 121 cm³/mol. The number of hydrogen-bond donors (Lipinski definition) is 4. The van der Waals surface area contributed by atoms with Crippen LogP contribution in [0.15, 0.2) is 46.9 Å². The highest BCUT2D eigenvalue weighted by Gasteiger charge is 2.30. The molecular formula is C23H26BrFN4O2. The highest BCUT2D eigenvalue weighted by atomic mass is 79.9. The summed E-state index contributed by atoms with van der Waals surface area (Å²) in [5.74, 6) is 0.234. The number of carbonyl (C=O) groups is 1. The van der Waals surface area contributed by atoms with Gasteiger partial charge in [0, 0.05) is 16.9 Å². The summed E-state index contributed by atoms with van der Waals surface area (Å²) in [6.45, 7) is 1.83. The van der Waals surface area contributed by atoms with Gasteiger partial charge in [0.05, 0.1) is 22.7 Å². The Bertz CT molecular complexity index is 1040. The average Bonchev–Trinajstić information content (AvgIpc) is 3.15. The molecule has 2 amide bonds. The monoisotopic (exact) mass is 488 g/mol. The van der Waals surface area contributed by atoms with Crippen LogP contribution in [0.4, 0.5) is 9.18 Å². The number of aromatic amines is 1. The fourth-order valence-electron chi connectivity index (χ4n) is 4.03. The second kappa shape index (κ2) is 8.96. The van der Waals surface area contributed by atoms with Gasteiger partial charge in [0.2, 0.25) is 0 Å². The molecule has 1 saturated carbocycles. The number of fused-ring (bicyclic) bond motifs is 1. The molecule has 1 fully saturated rings. The van der Waals surface area contributed by atoms with Crippen LogP contribution in [0.25, 0.3) is 11.0 Å². The summed E-state index contributed by atoms with van der Waals surface area (Å²) >= 11 is 3.28. The summed E-state index contributed by atoms with van der Waals surface area (Å²) in [7, 11) is 0. The highest BCUT2D eigenvalue weighted by molar-refractivity contribution is 9.10. The summed E-state index contributed by atoms with van der Waals surface area (Å²) in [6, 6.07) is 11.7. The molecule has 31 heavy (non-hydrogen) atoms. The third-order valence-corrected chi connectivity index (χ3v) is 6.37. The van der Waals surface area contributed by atoms with E-state index in [9.17, 15) is 14.3 Å². The third-order valence-electron chi connectivity index (χ3n) is 5.88. The van der Waals surface area contributed by atoms with E-state index in [0.29, 0.717) is 28.7 Å². The first-order chi connectivity index (χ1) is 14.8. The van der Waals surface area contributed by atoms with Crippen molar-refractivity contribution in [2.45, 2.75) is 56.7 Å². The van der Waals surface area contributed by atoms with Crippen molar-refractivity contribution in [2.24, 2.45) is 0 Å². The lowest BCUT2D eigenvalue weighted by molar-refractivity contribution is 0.0151. The van der Waals surface area contributed by atoms with E-state index in [1.165, 1.54) is 6.07 Å². The van der Waals surface area contributed by atoms with Crippen molar-refractivity contribution in [2.75, 3.05) is 0 Å². The summed E-state index contributed by atoms with van der Waals surface area (Å²) < 4.78 is 15.2. The Morgan fingerprint density at radius 3 is 2.77 bits per heavy atom. The molecule has 1 atom stereocenters. The van der Waals surface area contributed by atoms with Crippen LogP contribution in [0.3, 0.4) is 0 Å². The highest BCUT2D eigenvalue weighted by Crippen LogP contribution is 2.28. The number of carbonyl (C=O) groups excluding carboxylic acids is 1. The van der Waals surface area contributed by atoms with Crippen LogP contribution in [0, 0.1) is 5.82 Å². The van der Waals surface area contributed by atoms with E-state index in [1.54, 1.807) is 12.1 Å². The van der Waals surface area contributed by atoms with E-state index in [2.05, 4.69) is 36.5 Å². The van der Waals surface area contributed by atoms with E-state index in [4.69, 9.17) is 0 Å². The maximum absolute atomic E-state index is 14.5. The molecule has 0 saturated heterocycles. The minimum atomic E-state index is -0.662. The number of aliphatic hydroxyl groups is 1. The first-order valence-corrected chi connectivity index (χ1v) is 11.3. The molecule has 8 heteroatoms. The van der Waals surface area contributed by atoms with Gasteiger partial charge in [0.15, 0.2) is 0 Å². The molecule has 1 unspecified atom stereocenters. The summed E-state index contributed by atoms with van der Waals surface area (Å²) in [5.41, 5.74) is 1.47. The van der Waals surface area contributed by atoms with Crippen molar-refractivity contribution < 1.29 is 14.3 Å². The Kier molecular flexibility index (Phi) is 6.29.